The SMILES string of the molecule is Cc1nc(Cl)nc2c1ncn2-c1cc(Cl)cnn1. The van der Waals surface area contributed by atoms with Gasteiger partial charge < -0.3 is 0 Å². The molecule has 0 aliphatic rings. The van der Waals surface area contributed by atoms with Crippen LogP contribution in [0, 0.1) is 6.92 Å². The lowest BCUT2D eigenvalue weighted by Gasteiger charge is -2.02. The number of aromatic nitrogens is 6. The highest BCUT2D eigenvalue weighted by Gasteiger charge is 2.12. The Bertz CT molecular complexity index is 738. The van der Waals surface area contributed by atoms with Crippen LogP contribution >= 0.6 is 23.2 Å². The standard InChI is InChI=1S/C10H6Cl2N6/c1-5-8-9(16-10(12)15-5)18(4-13-8)7-2-6(11)3-14-17-7/h2-4H,1H3. The monoisotopic (exact) mass is 280 g/mol. The largest absolute Gasteiger partial charge is 0.265 e. The summed E-state index contributed by atoms with van der Waals surface area (Å²) in [5.74, 6) is 0.527. The van der Waals surface area contributed by atoms with E-state index in [1.165, 1.54) is 6.20 Å². The molecule has 0 atom stereocenters. The number of halogens is 2. The Balaban J connectivity index is 2.30. The summed E-state index contributed by atoms with van der Waals surface area (Å²) < 4.78 is 1.66. The van der Waals surface area contributed by atoms with Crippen LogP contribution in [0.15, 0.2) is 18.6 Å². The molecular weight excluding hydrogens is 275 g/mol. The first kappa shape index (κ1) is 11.3. The van der Waals surface area contributed by atoms with Gasteiger partial charge in [0.2, 0.25) is 5.28 Å². The lowest BCUT2D eigenvalue weighted by atomic mass is 10.4. The smallest absolute Gasteiger partial charge is 0.224 e. The molecule has 0 N–H and O–H groups in total. The van der Waals surface area contributed by atoms with Crippen LogP contribution in [0.5, 0.6) is 0 Å². The Kier molecular flexibility index (Phi) is 2.61. The summed E-state index contributed by atoms with van der Waals surface area (Å²) in [5, 5.41) is 8.41. The summed E-state index contributed by atoms with van der Waals surface area (Å²) in [4.78, 5) is 12.4. The van der Waals surface area contributed by atoms with Crippen LogP contribution < -0.4 is 0 Å². The van der Waals surface area contributed by atoms with Crippen molar-refractivity contribution in [3.05, 3.63) is 34.6 Å². The van der Waals surface area contributed by atoms with Crippen molar-refractivity contribution < 1.29 is 0 Å². The molecule has 0 saturated carbocycles. The van der Waals surface area contributed by atoms with Crippen LogP contribution in [0.4, 0.5) is 0 Å². The van der Waals surface area contributed by atoms with Gasteiger partial charge in [-0.1, -0.05) is 11.6 Å². The summed E-state index contributed by atoms with van der Waals surface area (Å²) in [6.07, 6.45) is 3.04. The maximum atomic E-state index is 5.88. The number of aryl methyl sites for hydroxylation is 1. The first-order valence-electron chi connectivity index (χ1n) is 5.01. The van der Waals surface area contributed by atoms with E-state index in [1.807, 2.05) is 6.92 Å². The van der Waals surface area contributed by atoms with Gasteiger partial charge in [0.1, 0.15) is 11.8 Å². The number of imidazole rings is 1. The van der Waals surface area contributed by atoms with Crippen molar-refractivity contribution in [3.63, 3.8) is 0 Å². The van der Waals surface area contributed by atoms with E-state index < -0.39 is 0 Å². The molecule has 3 rings (SSSR count). The number of rotatable bonds is 1. The van der Waals surface area contributed by atoms with E-state index in [0.717, 1.165) is 0 Å². The van der Waals surface area contributed by atoms with E-state index in [1.54, 1.807) is 17.0 Å². The van der Waals surface area contributed by atoms with Crippen LogP contribution in [0.1, 0.15) is 5.69 Å². The zero-order valence-corrected chi connectivity index (χ0v) is 10.7. The van der Waals surface area contributed by atoms with E-state index in [9.17, 15) is 0 Å². The molecule has 90 valence electrons. The van der Waals surface area contributed by atoms with Crippen LogP contribution in [0.25, 0.3) is 17.0 Å². The Hall–Kier alpha value is -1.79. The molecule has 3 aromatic rings. The van der Waals surface area contributed by atoms with E-state index >= 15 is 0 Å². The maximum absolute atomic E-state index is 5.88. The molecule has 0 aliphatic carbocycles. The van der Waals surface area contributed by atoms with Crippen molar-refractivity contribution >= 4 is 34.4 Å². The molecule has 0 saturated heterocycles. The molecule has 3 heterocycles. The second-order valence-corrected chi connectivity index (χ2v) is 4.37. The van der Waals surface area contributed by atoms with Crippen molar-refractivity contribution in [1.29, 1.82) is 0 Å². The Morgan fingerprint density at radius 3 is 2.83 bits per heavy atom. The van der Waals surface area contributed by atoms with E-state index in [2.05, 4.69) is 25.1 Å². The summed E-state index contributed by atoms with van der Waals surface area (Å²) in [7, 11) is 0. The van der Waals surface area contributed by atoms with Gasteiger partial charge in [-0.2, -0.15) is 10.1 Å². The minimum atomic E-state index is 0.164. The zero-order chi connectivity index (χ0) is 12.7. The molecule has 0 aromatic carbocycles. The Labute approximate surface area is 112 Å². The fraction of sp³-hybridized carbons (Fsp3) is 0.100. The van der Waals surface area contributed by atoms with Crippen molar-refractivity contribution in [2.75, 3.05) is 0 Å². The molecule has 0 bridgehead atoms. The molecule has 0 unspecified atom stereocenters. The van der Waals surface area contributed by atoms with Gasteiger partial charge in [0.15, 0.2) is 11.5 Å². The van der Waals surface area contributed by atoms with Gasteiger partial charge >= 0.3 is 0 Å². The van der Waals surface area contributed by atoms with Gasteiger partial charge in [-0.25, -0.2) is 9.97 Å². The average molecular weight is 281 g/mol. The first-order valence-corrected chi connectivity index (χ1v) is 5.76. The third-order valence-corrected chi connectivity index (χ3v) is 2.77. The number of nitrogens with zero attached hydrogens (tertiary/aromatic N) is 6. The predicted octanol–water partition coefficient (Wildman–Crippen LogP) is 2.22. The minimum absolute atomic E-state index is 0.164. The number of hydrogen-bond acceptors (Lipinski definition) is 5. The molecule has 0 amide bonds. The summed E-state index contributed by atoms with van der Waals surface area (Å²) in [6, 6.07) is 1.67. The zero-order valence-electron chi connectivity index (χ0n) is 9.17. The Morgan fingerprint density at radius 2 is 2.06 bits per heavy atom. The molecule has 0 spiro atoms. The van der Waals surface area contributed by atoms with Crippen LogP contribution in [0.2, 0.25) is 10.3 Å². The topological polar surface area (TPSA) is 69.4 Å². The predicted molar refractivity (Wildman–Crippen MR) is 67.0 cm³/mol. The molecule has 0 fully saturated rings. The second-order valence-electron chi connectivity index (χ2n) is 3.60. The van der Waals surface area contributed by atoms with E-state index in [0.29, 0.717) is 27.7 Å². The molecular formula is C10H6Cl2N6. The van der Waals surface area contributed by atoms with Crippen molar-refractivity contribution in [1.82, 2.24) is 29.7 Å². The quantitative estimate of drug-likeness (QED) is 0.640. The number of fused-ring (bicyclic) bond motifs is 1. The van der Waals surface area contributed by atoms with Gasteiger partial charge in [-0.05, 0) is 18.5 Å². The van der Waals surface area contributed by atoms with Gasteiger partial charge in [-0.3, -0.25) is 4.57 Å². The van der Waals surface area contributed by atoms with E-state index in [4.69, 9.17) is 23.2 Å². The molecule has 18 heavy (non-hydrogen) atoms. The number of hydrogen-bond donors (Lipinski definition) is 0. The van der Waals surface area contributed by atoms with Crippen molar-refractivity contribution in [2.24, 2.45) is 0 Å². The van der Waals surface area contributed by atoms with Crippen LogP contribution in [-0.2, 0) is 0 Å². The van der Waals surface area contributed by atoms with Gasteiger partial charge in [0.25, 0.3) is 0 Å². The lowest BCUT2D eigenvalue weighted by Crippen LogP contribution is -1.99. The molecule has 8 heteroatoms. The lowest BCUT2D eigenvalue weighted by molar-refractivity contribution is 0.919. The summed E-state index contributed by atoms with van der Waals surface area (Å²) in [6.45, 7) is 1.82. The van der Waals surface area contributed by atoms with Gasteiger partial charge in [0, 0.05) is 6.07 Å². The molecule has 3 aromatic heterocycles. The van der Waals surface area contributed by atoms with Crippen molar-refractivity contribution in [2.45, 2.75) is 6.92 Å². The van der Waals surface area contributed by atoms with Crippen LogP contribution in [0.3, 0.4) is 0 Å². The fourth-order valence-corrected chi connectivity index (χ4v) is 1.97. The highest BCUT2D eigenvalue weighted by molar-refractivity contribution is 6.30. The maximum Gasteiger partial charge on any atom is 0.224 e. The second kappa shape index (κ2) is 4.15. The average Bonchev–Trinajstić information content (AvgIpc) is 2.72. The van der Waals surface area contributed by atoms with Crippen molar-refractivity contribution in [3.8, 4) is 5.82 Å². The third kappa shape index (κ3) is 1.79. The fourth-order valence-electron chi connectivity index (χ4n) is 1.63. The van der Waals surface area contributed by atoms with E-state index in [-0.39, 0.29) is 5.28 Å². The van der Waals surface area contributed by atoms with Gasteiger partial charge in [0.05, 0.1) is 16.9 Å². The molecule has 0 radical (unpaired) electrons. The normalized spacial score (nSPS) is 11.1. The minimum Gasteiger partial charge on any atom is -0.265 e. The third-order valence-electron chi connectivity index (χ3n) is 2.40. The first-order chi connectivity index (χ1) is 8.65. The summed E-state index contributed by atoms with van der Waals surface area (Å²) >= 11 is 11.7. The molecule has 0 aliphatic heterocycles. The summed E-state index contributed by atoms with van der Waals surface area (Å²) in [5.41, 5.74) is 1.95. The Morgan fingerprint density at radius 1 is 1.22 bits per heavy atom. The highest BCUT2D eigenvalue weighted by atomic mass is 35.5. The highest BCUT2D eigenvalue weighted by Crippen LogP contribution is 2.19. The molecule has 6 nitrogen and oxygen atoms in total. The van der Waals surface area contributed by atoms with Crippen LogP contribution in [-0.4, -0.2) is 29.7 Å². The van der Waals surface area contributed by atoms with Gasteiger partial charge in [-0.15, -0.1) is 5.10 Å².